The number of aliphatic imine (C=N–C) groups is 1. The van der Waals surface area contributed by atoms with Gasteiger partial charge in [-0.05, 0) is 19.3 Å². The molecule has 0 amide bonds. The zero-order valence-electron chi connectivity index (χ0n) is 14.0. The van der Waals surface area contributed by atoms with Gasteiger partial charge in [-0.15, -0.1) is 0 Å². The molecule has 0 spiro atoms. The third-order valence-electron chi connectivity index (χ3n) is 4.83. The van der Waals surface area contributed by atoms with E-state index >= 15 is 0 Å². The SMILES string of the molecule is Cn1ccnc1CN1CCc2nc(C3=NCCCC3)[nH]c(=O)c2C1. The van der Waals surface area contributed by atoms with Crippen LogP contribution in [0.1, 0.15) is 42.2 Å². The van der Waals surface area contributed by atoms with Crippen LogP contribution in [0.15, 0.2) is 22.2 Å². The van der Waals surface area contributed by atoms with Gasteiger partial charge in [-0.3, -0.25) is 14.7 Å². The Morgan fingerprint density at radius 1 is 1.29 bits per heavy atom. The van der Waals surface area contributed by atoms with E-state index in [0.29, 0.717) is 12.4 Å². The molecule has 0 bridgehead atoms. The van der Waals surface area contributed by atoms with Gasteiger partial charge in [0.25, 0.3) is 5.56 Å². The van der Waals surface area contributed by atoms with Crippen LogP contribution in [-0.4, -0.2) is 43.2 Å². The summed E-state index contributed by atoms with van der Waals surface area (Å²) in [6.07, 6.45) is 7.70. The molecule has 4 rings (SSSR count). The summed E-state index contributed by atoms with van der Waals surface area (Å²) in [5, 5.41) is 0. The number of hydrogen-bond donors (Lipinski definition) is 1. The zero-order valence-corrected chi connectivity index (χ0v) is 14.0. The van der Waals surface area contributed by atoms with Gasteiger partial charge in [0.15, 0.2) is 5.82 Å². The Hall–Kier alpha value is -2.28. The van der Waals surface area contributed by atoms with Crippen molar-refractivity contribution in [1.29, 1.82) is 0 Å². The van der Waals surface area contributed by atoms with Crippen LogP contribution >= 0.6 is 0 Å². The number of aromatic nitrogens is 4. The van der Waals surface area contributed by atoms with Gasteiger partial charge < -0.3 is 9.55 Å². The summed E-state index contributed by atoms with van der Waals surface area (Å²) in [5.74, 6) is 1.69. The maximum Gasteiger partial charge on any atom is 0.255 e. The van der Waals surface area contributed by atoms with E-state index < -0.39 is 0 Å². The molecule has 0 saturated heterocycles. The van der Waals surface area contributed by atoms with E-state index in [9.17, 15) is 4.79 Å². The smallest absolute Gasteiger partial charge is 0.255 e. The largest absolute Gasteiger partial charge is 0.337 e. The van der Waals surface area contributed by atoms with Gasteiger partial charge in [-0.2, -0.15) is 0 Å². The fourth-order valence-electron chi connectivity index (χ4n) is 3.39. The molecule has 0 atom stereocenters. The number of nitrogens with one attached hydrogen (secondary N) is 1. The van der Waals surface area contributed by atoms with Gasteiger partial charge in [0, 0.05) is 45.5 Å². The summed E-state index contributed by atoms with van der Waals surface area (Å²) >= 11 is 0. The molecule has 1 N–H and O–H groups in total. The van der Waals surface area contributed by atoms with E-state index in [4.69, 9.17) is 4.98 Å². The number of aromatic amines is 1. The molecule has 0 aromatic carbocycles. The van der Waals surface area contributed by atoms with E-state index in [1.54, 1.807) is 6.20 Å². The summed E-state index contributed by atoms with van der Waals surface area (Å²) < 4.78 is 2.02. The van der Waals surface area contributed by atoms with Gasteiger partial charge in [-0.1, -0.05) is 0 Å². The molecular formula is C17H22N6O. The van der Waals surface area contributed by atoms with Crippen LogP contribution in [-0.2, 0) is 26.6 Å². The first kappa shape index (κ1) is 15.3. The molecule has 0 saturated carbocycles. The standard InChI is InChI=1S/C17H22N6O/c1-22-9-7-19-15(22)11-23-8-5-13-12(10-23)17(24)21-16(20-13)14-4-2-3-6-18-14/h7,9H,2-6,8,10-11H2,1H3,(H,20,21,24). The van der Waals surface area contributed by atoms with Crippen molar-refractivity contribution in [3.05, 3.63) is 45.7 Å². The minimum atomic E-state index is -0.0205. The van der Waals surface area contributed by atoms with Gasteiger partial charge in [0.1, 0.15) is 5.82 Å². The van der Waals surface area contributed by atoms with Crippen LogP contribution in [0.2, 0.25) is 0 Å². The maximum absolute atomic E-state index is 12.5. The zero-order chi connectivity index (χ0) is 16.5. The first-order valence-electron chi connectivity index (χ1n) is 8.55. The molecule has 2 aliphatic rings. The van der Waals surface area contributed by atoms with Gasteiger partial charge in [0.05, 0.1) is 23.5 Å². The Kier molecular flexibility index (Phi) is 4.02. The fourth-order valence-corrected chi connectivity index (χ4v) is 3.39. The highest BCUT2D eigenvalue weighted by Gasteiger charge is 2.23. The van der Waals surface area contributed by atoms with E-state index in [2.05, 4.69) is 19.9 Å². The normalized spacial score (nSPS) is 18.3. The van der Waals surface area contributed by atoms with Crippen molar-refractivity contribution in [2.24, 2.45) is 12.0 Å². The first-order valence-corrected chi connectivity index (χ1v) is 8.55. The van der Waals surface area contributed by atoms with Crippen LogP contribution in [0.5, 0.6) is 0 Å². The van der Waals surface area contributed by atoms with Crippen molar-refractivity contribution < 1.29 is 0 Å². The molecule has 0 radical (unpaired) electrons. The van der Waals surface area contributed by atoms with Crippen LogP contribution in [0.4, 0.5) is 0 Å². The predicted molar refractivity (Wildman–Crippen MR) is 91.1 cm³/mol. The second kappa shape index (κ2) is 6.32. The van der Waals surface area contributed by atoms with Crippen LogP contribution in [0.25, 0.3) is 0 Å². The number of rotatable bonds is 3. The summed E-state index contributed by atoms with van der Waals surface area (Å²) in [6, 6.07) is 0. The average Bonchev–Trinajstić information content (AvgIpc) is 3.01. The number of imidazole rings is 1. The van der Waals surface area contributed by atoms with Crippen LogP contribution < -0.4 is 5.56 Å². The Bertz CT molecular complexity index is 834. The van der Waals surface area contributed by atoms with Crippen LogP contribution in [0.3, 0.4) is 0 Å². The Morgan fingerprint density at radius 2 is 2.21 bits per heavy atom. The number of H-pyrrole nitrogens is 1. The van der Waals surface area contributed by atoms with Crippen molar-refractivity contribution >= 4 is 5.71 Å². The van der Waals surface area contributed by atoms with Crippen molar-refractivity contribution in [1.82, 2.24) is 24.4 Å². The quantitative estimate of drug-likeness (QED) is 0.914. The second-order valence-electron chi connectivity index (χ2n) is 6.54. The molecule has 2 aromatic heterocycles. The number of hydrogen-bond acceptors (Lipinski definition) is 5. The van der Waals surface area contributed by atoms with E-state index in [1.165, 1.54) is 0 Å². The Morgan fingerprint density at radius 3 is 2.96 bits per heavy atom. The fraction of sp³-hybridized carbons (Fsp3) is 0.529. The summed E-state index contributed by atoms with van der Waals surface area (Å²) in [4.78, 5) is 31.4. The lowest BCUT2D eigenvalue weighted by Gasteiger charge is -2.27. The highest BCUT2D eigenvalue weighted by molar-refractivity contribution is 5.97. The third-order valence-corrected chi connectivity index (χ3v) is 4.83. The average molecular weight is 326 g/mol. The topological polar surface area (TPSA) is 79.2 Å². The lowest BCUT2D eigenvalue weighted by atomic mass is 10.1. The molecule has 7 nitrogen and oxygen atoms in total. The second-order valence-corrected chi connectivity index (χ2v) is 6.54. The Balaban J connectivity index is 1.57. The van der Waals surface area contributed by atoms with Crippen molar-refractivity contribution in [3.8, 4) is 0 Å². The molecule has 0 fully saturated rings. The van der Waals surface area contributed by atoms with E-state index in [0.717, 1.165) is 68.1 Å². The lowest BCUT2D eigenvalue weighted by molar-refractivity contribution is 0.233. The van der Waals surface area contributed by atoms with Gasteiger partial charge in [0.2, 0.25) is 0 Å². The third kappa shape index (κ3) is 2.91. The summed E-state index contributed by atoms with van der Waals surface area (Å²) in [7, 11) is 1.99. The maximum atomic E-state index is 12.5. The molecule has 24 heavy (non-hydrogen) atoms. The molecule has 0 aliphatic carbocycles. The molecule has 126 valence electrons. The molecule has 0 unspecified atom stereocenters. The summed E-state index contributed by atoms with van der Waals surface area (Å²) in [5.41, 5.74) is 2.65. The van der Waals surface area contributed by atoms with Crippen molar-refractivity contribution in [2.75, 3.05) is 13.1 Å². The molecular weight excluding hydrogens is 304 g/mol. The highest BCUT2D eigenvalue weighted by Crippen LogP contribution is 2.17. The number of nitrogens with zero attached hydrogens (tertiary/aromatic N) is 5. The highest BCUT2D eigenvalue weighted by atomic mass is 16.1. The lowest BCUT2D eigenvalue weighted by Crippen LogP contribution is -2.36. The van der Waals surface area contributed by atoms with Crippen LogP contribution in [0, 0.1) is 0 Å². The number of aryl methyl sites for hydroxylation is 1. The summed E-state index contributed by atoms with van der Waals surface area (Å²) in [6.45, 7) is 3.10. The van der Waals surface area contributed by atoms with Crippen molar-refractivity contribution in [3.63, 3.8) is 0 Å². The predicted octanol–water partition coefficient (Wildman–Crippen LogP) is 1.03. The molecule has 4 heterocycles. The number of fused-ring (bicyclic) bond motifs is 1. The molecule has 2 aromatic rings. The monoisotopic (exact) mass is 326 g/mol. The van der Waals surface area contributed by atoms with E-state index in [-0.39, 0.29) is 5.56 Å². The van der Waals surface area contributed by atoms with Gasteiger partial charge in [-0.25, -0.2) is 9.97 Å². The van der Waals surface area contributed by atoms with E-state index in [1.807, 2.05) is 17.8 Å². The molecule has 2 aliphatic heterocycles. The first-order chi connectivity index (χ1) is 11.7. The minimum Gasteiger partial charge on any atom is -0.337 e. The van der Waals surface area contributed by atoms with Crippen molar-refractivity contribution in [2.45, 2.75) is 38.8 Å². The van der Waals surface area contributed by atoms with Gasteiger partial charge >= 0.3 is 0 Å². The molecule has 7 heteroatoms. The minimum absolute atomic E-state index is 0.0205. The Labute approximate surface area is 140 Å².